The Hall–Kier alpha value is -2.08. The lowest BCUT2D eigenvalue weighted by Crippen LogP contribution is -2.57. The Kier molecular flexibility index (Phi) is 8.57. The van der Waals surface area contributed by atoms with E-state index < -0.39 is 0 Å². The van der Waals surface area contributed by atoms with Gasteiger partial charge in [-0.2, -0.15) is 0 Å². The van der Waals surface area contributed by atoms with Crippen LogP contribution in [0.3, 0.4) is 0 Å². The van der Waals surface area contributed by atoms with Crippen LogP contribution >= 0.6 is 0 Å². The maximum Gasteiger partial charge on any atom is 0.222 e. The van der Waals surface area contributed by atoms with Crippen LogP contribution < -0.4 is 4.74 Å². The zero-order valence-electron chi connectivity index (χ0n) is 25.2. The van der Waals surface area contributed by atoms with Gasteiger partial charge in [0.2, 0.25) is 5.91 Å². The van der Waals surface area contributed by atoms with Gasteiger partial charge in [0.05, 0.1) is 12.7 Å². The fourth-order valence-electron chi connectivity index (χ4n) is 9.57. The number of rotatable bonds is 9. The standard InChI is InChI=1S/C34H51NO5/c1-33-14-12-25(36)20-24(33)19-23(32-28-10-11-30(38)34(28,2)15-13-29(32)33)8-5-7-22-17-26(37)21-27(18-22)40-16-6-9-31(39)35(3)4/h17-18,21,23-24,28-30,32,37-38H,5-16,19-20H2,1-4H3/t23?,24?,28-,29+,30?,32-,33-,34-/m0/s1. The van der Waals surface area contributed by atoms with Crippen LogP contribution in [0, 0.1) is 40.4 Å². The Bertz CT molecular complexity index is 1090. The highest BCUT2D eigenvalue weighted by Crippen LogP contribution is 2.67. The SMILES string of the molecule is CN(C)C(=O)CCCOc1cc(O)cc(CCCC2CC3CC(=O)CC[C@]3(C)[C@@H]3CC[C@]4(C)C(O)CC[C@H]4[C@H]23)c1. The molecule has 0 spiro atoms. The summed E-state index contributed by atoms with van der Waals surface area (Å²) in [7, 11) is 3.52. The van der Waals surface area contributed by atoms with E-state index in [0.717, 1.165) is 69.8 Å². The molecule has 1 aromatic rings. The molecule has 4 fully saturated rings. The predicted molar refractivity (Wildman–Crippen MR) is 156 cm³/mol. The Morgan fingerprint density at radius 1 is 1.05 bits per heavy atom. The maximum absolute atomic E-state index is 12.5. The first-order valence-electron chi connectivity index (χ1n) is 15.9. The molecule has 222 valence electrons. The molecule has 6 heteroatoms. The molecule has 2 N–H and O–H groups in total. The van der Waals surface area contributed by atoms with E-state index in [-0.39, 0.29) is 28.6 Å². The summed E-state index contributed by atoms with van der Waals surface area (Å²) < 4.78 is 5.89. The minimum absolute atomic E-state index is 0.0434. The topological polar surface area (TPSA) is 87.1 Å². The highest BCUT2D eigenvalue weighted by Gasteiger charge is 2.62. The number of phenols is 1. The summed E-state index contributed by atoms with van der Waals surface area (Å²) >= 11 is 0. The molecule has 4 aliphatic carbocycles. The first-order valence-corrected chi connectivity index (χ1v) is 15.9. The molecule has 8 atom stereocenters. The van der Waals surface area contributed by atoms with Crippen LogP contribution in [0.5, 0.6) is 11.5 Å². The molecule has 1 aromatic carbocycles. The van der Waals surface area contributed by atoms with Crippen molar-refractivity contribution >= 4 is 11.7 Å². The number of phenolic OH excluding ortho intramolecular Hbond substituents is 1. The molecule has 0 saturated heterocycles. The number of carbonyl (C=O) groups excluding carboxylic acids is 2. The number of amides is 1. The molecule has 0 radical (unpaired) electrons. The van der Waals surface area contributed by atoms with E-state index in [1.165, 1.54) is 6.42 Å². The van der Waals surface area contributed by atoms with Gasteiger partial charge in [-0.25, -0.2) is 0 Å². The Morgan fingerprint density at radius 3 is 2.60 bits per heavy atom. The zero-order valence-corrected chi connectivity index (χ0v) is 25.2. The van der Waals surface area contributed by atoms with Gasteiger partial charge in [-0.15, -0.1) is 0 Å². The lowest BCUT2D eigenvalue weighted by atomic mass is 9.42. The summed E-state index contributed by atoms with van der Waals surface area (Å²) in [5.74, 6) is 4.39. The van der Waals surface area contributed by atoms with Crippen molar-refractivity contribution < 1.29 is 24.5 Å². The zero-order chi connectivity index (χ0) is 28.7. The second-order valence-corrected chi connectivity index (χ2v) is 14.3. The van der Waals surface area contributed by atoms with Crippen molar-refractivity contribution in [2.75, 3.05) is 20.7 Å². The molecular formula is C34H51NO5. The van der Waals surface area contributed by atoms with Gasteiger partial charge in [0.25, 0.3) is 0 Å². The first-order chi connectivity index (χ1) is 19.0. The van der Waals surface area contributed by atoms with Gasteiger partial charge in [0, 0.05) is 39.4 Å². The van der Waals surface area contributed by atoms with E-state index >= 15 is 0 Å². The highest BCUT2D eigenvalue weighted by atomic mass is 16.5. The summed E-state index contributed by atoms with van der Waals surface area (Å²) in [4.78, 5) is 25.9. The molecule has 0 heterocycles. The van der Waals surface area contributed by atoms with Gasteiger partial charge in [-0.05, 0) is 122 Å². The van der Waals surface area contributed by atoms with Gasteiger partial charge < -0.3 is 19.8 Å². The molecule has 4 aliphatic rings. The van der Waals surface area contributed by atoms with E-state index in [4.69, 9.17) is 4.74 Å². The number of nitrogens with zero attached hydrogens (tertiary/aromatic N) is 1. The van der Waals surface area contributed by atoms with E-state index in [1.54, 1.807) is 25.1 Å². The van der Waals surface area contributed by atoms with Crippen molar-refractivity contribution in [2.24, 2.45) is 40.4 Å². The number of aromatic hydroxyl groups is 1. The van der Waals surface area contributed by atoms with Crippen molar-refractivity contribution in [3.8, 4) is 11.5 Å². The second kappa shape index (κ2) is 11.7. The minimum Gasteiger partial charge on any atom is -0.508 e. The van der Waals surface area contributed by atoms with Crippen LogP contribution in [-0.4, -0.2) is 53.6 Å². The summed E-state index contributed by atoms with van der Waals surface area (Å²) in [6.45, 7) is 5.29. The summed E-state index contributed by atoms with van der Waals surface area (Å²) in [5.41, 5.74) is 1.38. The van der Waals surface area contributed by atoms with Gasteiger partial charge in [-0.1, -0.05) is 13.8 Å². The fourth-order valence-corrected chi connectivity index (χ4v) is 9.57. The van der Waals surface area contributed by atoms with Gasteiger partial charge >= 0.3 is 0 Å². The van der Waals surface area contributed by atoms with E-state index in [0.29, 0.717) is 60.6 Å². The van der Waals surface area contributed by atoms with Crippen LogP contribution in [0.1, 0.15) is 96.5 Å². The summed E-state index contributed by atoms with van der Waals surface area (Å²) in [5, 5.41) is 21.4. The largest absolute Gasteiger partial charge is 0.508 e. The highest BCUT2D eigenvalue weighted by molar-refractivity contribution is 5.79. The number of benzene rings is 1. The Labute approximate surface area is 240 Å². The number of carbonyl (C=O) groups is 2. The Balaban J connectivity index is 1.25. The third-order valence-electron chi connectivity index (χ3n) is 11.9. The monoisotopic (exact) mass is 553 g/mol. The van der Waals surface area contributed by atoms with Crippen LogP contribution in [0.15, 0.2) is 18.2 Å². The summed E-state index contributed by atoms with van der Waals surface area (Å²) in [6.07, 6.45) is 12.1. The number of ketones is 1. The van der Waals surface area contributed by atoms with Crippen molar-refractivity contribution in [1.29, 1.82) is 0 Å². The molecule has 0 aliphatic heterocycles. The minimum atomic E-state index is -0.177. The molecule has 1 amide bonds. The molecule has 40 heavy (non-hydrogen) atoms. The van der Waals surface area contributed by atoms with Crippen LogP contribution in [0.4, 0.5) is 0 Å². The van der Waals surface area contributed by atoms with Crippen molar-refractivity contribution in [1.82, 2.24) is 4.90 Å². The molecule has 6 nitrogen and oxygen atoms in total. The number of hydrogen-bond donors (Lipinski definition) is 2. The number of Topliss-reactive ketones (excluding diaryl/α,β-unsaturated/α-hetero) is 1. The van der Waals surface area contributed by atoms with Gasteiger partial charge in [0.1, 0.15) is 17.3 Å². The summed E-state index contributed by atoms with van der Waals surface area (Å²) in [6, 6.07) is 5.52. The van der Waals surface area contributed by atoms with E-state index in [2.05, 4.69) is 13.8 Å². The number of aliphatic hydroxyl groups excluding tert-OH is 1. The molecule has 3 unspecified atom stereocenters. The molecule has 4 saturated carbocycles. The predicted octanol–water partition coefficient (Wildman–Crippen LogP) is 6.16. The second-order valence-electron chi connectivity index (χ2n) is 14.3. The van der Waals surface area contributed by atoms with Crippen LogP contribution in [0.25, 0.3) is 0 Å². The fraction of sp³-hybridized carbons (Fsp3) is 0.765. The molecule has 5 rings (SSSR count). The van der Waals surface area contributed by atoms with Crippen molar-refractivity contribution in [2.45, 2.75) is 103 Å². The number of ether oxygens (including phenoxy) is 1. The number of fused-ring (bicyclic) bond motifs is 5. The molecule has 0 aromatic heterocycles. The first kappa shape index (κ1) is 29.4. The maximum atomic E-state index is 12.5. The van der Waals surface area contributed by atoms with E-state index in [1.807, 2.05) is 12.1 Å². The van der Waals surface area contributed by atoms with E-state index in [9.17, 15) is 19.8 Å². The lowest BCUT2D eigenvalue weighted by Gasteiger charge is -2.62. The van der Waals surface area contributed by atoms with Gasteiger partial charge in [-0.3, -0.25) is 9.59 Å². The molecular weight excluding hydrogens is 502 g/mol. The number of hydrogen-bond acceptors (Lipinski definition) is 5. The van der Waals surface area contributed by atoms with Crippen molar-refractivity contribution in [3.63, 3.8) is 0 Å². The smallest absolute Gasteiger partial charge is 0.222 e. The third kappa shape index (κ3) is 5.67. The average Bonchev–Trinajstić information content (AvgIpc) is 3.21. The molecule has 0 bridgehead atoms. The third-order valence-corrected chi connectivity index (χ3v) is 11.9. The normalized spacial score (nSPS) is 36.9. The average molecular weight is 554 g/mol. The lowest BCUT2D eigenvalue weighted by molar-refractivity contribution is -0.156. The van der Waals surface area contributed by atoms with Crippen molar-refractivity contribution in [3.05, 3.63) is 23.8 Å². The van der Waals surface area contributed by atoms with Gasteiger partial charge in [0.15, 0.2) is 0 Å². The van der Waals surface area contributed by atoms with Crippen LogP contribution in [-0.2, 0) is 16.0 Å². The van der Waals surface area contributed by atoms with Crippen LogP contribution in [0.2, 0.25) is 0 Å². The number of aliphatic hydroxyl groups is 1. The number of aryl methyl sites for hydroxylation is 1. The quantitative estimate of drug-likeness (QED) is 0.358. The Morgan fingerprint density at radius 2 is 1.82 bits per heavy atom.